The van der Waals surface area contributed by atoms with Gasteiger partial charge in [0.2, 0.25) is 11.8 Å². The molecule has 0 saturated carbocycles. The summed E-state index contributed by atoms with van der Waals surface area (Å²) in [5, 5.41) is 7.48. The van der Waals surface area contributed by atoms with E-state index in [9.17, 15) is 14.0 Å². The summed E-state index contributed by atoms with van der Waals surface area (Å²) in [6.07, 6.45) is 2.68. The van der Waals surface area contributed by atoms with Gasteiger partial charge in [0.15, 0.2) is 0 Å². The number of amides is 2. The van der Waals surface area contributed by atoms with Gasteiger partial charge in [0.1, 0.15) is 11.6 Å². The molecule has 0 spiro atoms. The van der Waals surface area contributed by atoms with Gasteiger partial charge in [-0.05, 0) is 51.3 Å². The number of piperidine rings is 1. The van der Waals surface area contributed by atoms with E-state index in [0.29, 0.717) is 41.1 Å². The highest BCUT2D eigenvalue weighted by Gasteiger charge is 2.28. The molecular weight excluding hydrogens is 395 g/mol. The highest BCUT2D eigenvalue weighted by molar-refractivity contribution is 6.31. The minimum absolute atomic E-state index is 0.0351. The molecule has 1 aromatic carbocycles. The summed E-state index contributed by atoms with van der Waals surface area (Å²) in [4.78, 5) is 30.4. The Labute approximate surface area is 174 Å². The molecule has 1 fully saturated rings. The fourth-order valence-corrected chi connectivity index (χ4v) is 3.71. The number of hydrogen-bond acceptors (Lipinski definition) is 4. The van der Waals surface area contributed by atoms with Gasteiger partial charge < -0.3 is 15.5 Å². The van der Waals surface area contributed by atoms with Crippen LogP contribution in [0.15, 0.2) is 24.4 Å². The van der Waals surface area contributed by atoms with Crippen molar-refractivity contribution in [2.75, 3.05) is 25.0 Å². The number of fused-ring (bicyclic) bond motifs is 1. The van der Waals surface area contributed by atoms with E-state index in [1.807, 2.05) is 20.8 Å². The van der Waals surface area contributed by atoms with E-state index in [0.717, 1.165) is 6.42 Å². The molecule has 6 nitrogen and oxygen atoms in total. The van der Waals surface area contributed by atoms with Crippen molar-refractivity contribution in [3.63, 3.8) is 0 Å². The number of benzene rings is 1. The minimum atomic E-state index is -0.394. The van der Waals surface area contributed by atoms with Crippen molar-refractivity contribution in [1.82, 2.24) is 15.2 Å². The van der Waals surface area contributed by atoms with Crippen molar-refractivity contribution >= 4 is 40.0 Å². The quantitative estimate of drug-likeness (QED) is 0.775. The van der Waals surface area contributed by atoms with Crippen molar-refractivity contribution in [2.45, 2.75) is 39.2 Å². The van der Waals surface area contributed by atoms with Crippen molar-refractivity contribution in [1.29, 1.82) is 0 Å². The van der Waals surface area contributed by atoms with E-state index in [1.54, 1.807) is 23.2 Å². The normalized spacial score (nSPS) is 17.5. The van der Waals surface area contributed by atoms with Crippen LogP contribution in [-0.2, 0) is 9.59 Å². The van der Waals surface area contributed by atoms with E-state index >= 15 is 0 Å². The van der Waals surface area contributed by atoms with Crippen molar-refractivity contribution in [2.24, 2.45) is 5.92 Å². The van der Waals surface area contributed by atoms with Crippen LogP contribution < -0.4 is 10.6 Å². The molecule has 1 aliphatic rings. The average molecular weight is 421 g/mol. The van der Waals surface area contributed by atoms with Crippen LogP contribution >= 0.6 is 11.6 Å². The summed E-state index contributed by atoms with van der Waals surface area (Å²) < 4.78 is 14.1. The lowest BCUT2D eigenvalue weighted by Crippen LogP contribution is -2.49. The van der Waals surface area contributed by atoms with Gasteiger partial charge in [0, 0.05) is 47.0 Å². The molecule has 1 atom stereocenters. The lowest BCUT2D eigenvalue weighted by Gasteiger charge is -2.32. The lowest BCUT2D eigenvalue weighted by atomic mass is 9.96. The lowest BCUT2D eigenvalue weighted by molar-refractivity contribution is -0.139. The largest absolute Gasteiger partial charge is 0.369 e. The number of anilines is 1. The monoisotopic (exact) mass is 420 g/mol. The van der Waals surface area contributed by atoms with Crippen LogP contribution in [0.3, 0.4) is 0 Å². The van der Waals surface area contributed by atoms with Crippen LogP contribution in [0.1, 0.15) is 33.6 Å². The molecule has 29 heavy (non-hydrogen) atoms. The second-order valence-corrected chi connectivity index (χ2v) is 8.93. The molecule has 156 valence electrons. The van der Waals surface area contributed by atoms with Crippen molar-refractivity contribution < 1.29 is 14.0 Å². The molecule has 1 aliphatic heterocycles. The molecule has 2 amide bonds. The number of aromatic nitrogens is 1. The molecular formula is C21H26ClFN4O2. The van der Waals surface area contributed by atoms with E-state index in [4.69, 9.17) is 11.6 Å². The maximum absolute atomic E-state index is 14.1. The van der Waals surface area contributed by atoms with E-state index in [2.05, 4.69) is 15.6 Å². The van der Waals surface area contributed by atoms with Crippen LogP contribution in [0.5, 0.6) is 0 Å². The third-order valence-corrected chi connectivity index (χ3v) is 5.04. The molecule has 1 unspecified atom stereocenters. The highest BCUT2D eigenvalue weighted by atomic mass is 35.5. The molecule has 0 aliphatic carbocycles. The number of halogens is 2. The van der Waals surface area contributed by atoms with Gasteiger partial charge in [-0.3, -0.25) is 9.59 Å². The molecule has 8 heteroatoms. The topological polar surface area (TPSA) is 74.3 Å². The van der Waals surface area contributed by atoms with E-state index in [1.165, 1.54) is 6.07 Å². The van der Waals surface area contributed by atoms with Gasteiger partial charge in [-0.2, -0.15) is 0 Å². The van der Waals surface area contributed by atoms with Gasteiger partial charge in [0.05, 0.1) is 6.54 Å². The number of carbonyl (C=O) groups is 2. The van der Waals surface area contributed by atoms with Gasteiger partial charge in [0.25, 0.3) is 0 Å². The first-order chi connectivity index (χ1) is 13.6. The second kappa shape index (κ2) is 8.53. The Kier molecular flexibility index (Phi) is 6.27. The Morgan fingerprint density at radius 3 is 2.79 bits per heavy atom. The minimum Gasteiger partial charge on any atom is -0.369 e. The molecule has 2 aromatic rings. The summed E-state index contributed by atoms with van der Waals surface area (Å²) >= 11 is 5.98. The van der Waals surface area contributed by atoms with Gasteiger partial charge in [-0.1, -0.05) is 11.6 Å². The van der Waals surface area contributed by atoms with Crippen LogP contribution in [0.25, 0.3) is 10.8 Å². The van der Waals surface area contributed by atoms with Crippen molar-refractivity contribution in [3.05, 3.63) is 35.2 Å². The van der Waals surface area contributed by atoms with Gasteiger partial charge in [-0.15, -0.1) is 0 Å². The number of rotatable bonds is 5. The molecule has 2 N–H and O–H groups in total. The fraction of sp³-hybridized carbons (Fsp3) is 0.476. The Morgan fingerprint density at radius 2 is 2.10 bits per heavy atom. The maximum Gasteiger partial charge on any atom is 0.240 e. The Morgan fingerprint density at radius 1 is 1.34 bits per heavy atom. The van der Waals surface area contributed by atoms with E-state index in [-0.39, 0.29) is 29.8 Å². The van der Waals surface area contributed by atoms with Crippen molar-refractivity contribution in [3.8, 4) is 0 Å². The first-order valence-corrected chi connectivity index (χ1v) is 10.1. The van der Waals surface area contributed by atoms with E-state index < -0.39 is 5.82 Å². The van der Waals surface area contributed by atoms with Gasteiger partial charge >= 0.3 is 0 Å². The van der Waals surface area contributed by atoms with Crippen LogP contribution in [0.2, 0.25) is 5.02 Å². The smallest absolute Gasteiger partial charge is 0.240 e. The second-order valence-electron chi connectivity index (χ2n) is 8.50. The molecule has 1 aromatic heterocycles. The summed E-state index contributed by atoms with van der Waals surface area (Å²) in [7, 11) is 0. The highest BCUT2D eigenvalue weighted by Crippen LogP contribution is 2.28. The predicted molar refractivity (Wildman–Crippen MR) is 112 cm³/mol. The fourth-order valence-electron chi connectivity index (χ4n) is 3.50. The summed E-state index contributed by atoms with van der Waals surface area (Å²) in [6, 6.07) is 4.56. The number of nitrogens with one attached hydrogen (secondary N) is 2. The molecule has 0 radical (unpaired) electrons. The third-order valence-electron chi connectivity index (χ3n) is 4.82. The molecule has 3 rings (SSSR count). The zero-order valence-corrected chi connectivity index (χ0v) is 17.6. The SMILES string of the molecule is CC(C)(C)NC(=O)CN1CCC(CNc2nccc3c(F)cc(Cl)cc23)CC1=O. The number of nitrogens with zero attached hydrogens (tertiary/aromatic N) is 2. The number of likely N-dealkylation sites (tertiary alicyclic amines) is 1. The molecule has 0 bridgehead atoms. The van der Waals surface area contributed by atoms with Gasteiger partial charge in [-0.25, -0.2) is 9.37 Å². The zero-order valence-electron chi connectivity index (χ0n) is 16.9. The number of carbonyl (C=O) groups excluding carboxylic acids is 2. The number of pyridine rings is 1. The molecule has 1 saturated heterocycles. The summed E-state index contributed by atoms with van der Waals surface area (Å²) in [6.45, 7) is 6.88. The van der Waals surface area contributed by atoms with Crippen LogP contribution in [0, 0.1) is 11.7 Å². The zero-order chi connectivity index (χ0) is 21.2. The maximum atomic E-state index is 14.1. The Bertz CT molecular complexity index is 929. The standard InChI is InChI=1S/C21H26ClFN4O2/c1-21(2,3)26-18(28)12-27-7-5-13(8-19(27)29)11-25-20-16-9-14(22)10-17(23)15(16)4-6-24-20/h4,6,9-10,13H,5,7-8,11-12H2,1-3H3,(H,24,25)(H,26,28). The summed E-state index contributed by atoms with van der Waals surface area (Å²) in [5.74, 6) is 0.0807. The Balaban J connectivity index is 1.58. The number of hydrogen-bond donors (Lipinski definition) is 2. The summed E-state index contributed by atoms with van der Waals surface area (Å²) in [5.41, 5.74) is -0.323. The first kappa shape index (κ1) is 21.3. The molecule has 2 heterocycles. The average Bonchev–Trinajstić information content (AvgIpc) is 2.60. The first-order valence-electron chi connectivity index (χ1n) is 9.69. The Hall–Kier alpha value is -2.41. The third kappa shape index (κ3) is 5.56. The predicted octanol–water partition coefficient (Wildman–Crippen LogP) is 3.59. The van der Waals surface area contributed by atoms with Crippen LogP contribution in [0.4, 0.5) is 10.2 Å². The van der Waals surface area contributed by atoms with Crippen LogP contribution in [-0.4, -0.2) is 46.9 Å².